The molecule has 1 rings (SSSR count). The molecule has 28 valence electrons. The van der Waals surface area contributed by atoms with E-state index >= 15 is 0 Å². The second-order valence-electron chi connectivity index (χ2n) is 0.623. The van der Waals surface area contributed by atoms with Gasteiger partial charge >= 0.3 is 0 Å². The van der Waals surface area contributed by atoms with E-state index in [1.165, 1.54) is 11.3 Å². The van der Waals surface area contributed by atoms with Gasteiger partial charge in [0, 0.05) is 19.5 Å². The smallest absolute Gasteiger partial charge is 0 e. The maximum atomic E-state index is 3.62. The van der Waals surface area contributed by atoms with Crippen LogP contribution in [0.5, 0.6) is 0 Å². The Hall–Kier alpha value is 0.253. The van der Waals surface area contributed by atoms with Crippen LogP contribution < -0.4 is 0 Å². The molecule has 0 aliphatic carbocycles. The molecule has 0 amide bonds. The first-order valence-corrected chi connectivity index (χ1v) is 2.13. The predicted molar refractivity (Wildman–Crippen MR) is 20.9 cm³/mol. The quantitative estimate of drug-likeness (QED) is 0.395. The molecule has 0 aliphatic rings. The van der Waals surface area contributed by atoms with Crippen molar-refractivity contribution in [3.05, 3.63) is 17.1 Å². The molecule has 1 aromatic heterocycles. The normalized spacial score (nSPS) is 6.67. The Morgan fingerprint density at radius 3 is 2.67 bits per heavy atom. The molecule has 1 heterocycles. The van der Waals surface area contributed by atoms with Crippen LogP contribution in [-0.4, -0.2) is 4.98 Å². The van der Waals surface area contributed by atoms with Gasteiger partial charge < -0.3 is 4.98 Å². The van der Waals surface area contributed by atoms with Gasteiger partial charge in [0.2, 0.25) is 0 Å². The molecule has 1 aromatic rings. The zero-order valence-corrected chi connectivity index (χ0v) is 7.00. The van der Waals surface area contributed by atoms with E-state index in [1.807, 2.05) is 5.38 Å². The number of nitrogens with zero attached hydrogens (tertiary/aromatic N) is 1. The summed E-state index contributed by atoms with van der Waals surface area (Å²) in [6, 6.07) is 0. The molecule has 0 saturated heterocycles. The maximum Gasteiger partial charge on any atom is 0 e. The monoisotopic (exact) mass is 148 g/mol. The maximum absolute atomic E-state index is 3.62. The van der Waals surface area contributed by atoms with Crippen molar-refractivity contribution in [2.45, 2.75) is 0 Å². The molecule has 0 aliphatic heterocycles. The van der Waals surface area contributed by atoms with Crippen molar-refractivity contribution in [1.82, 2.24) is 4.98 Å². The minimum absolute atomic E-state index is 0. The minimum Gasteiger partial charge on any atom is -0.394 e. The molecular weight excluding hydrogens is 147 g/mol. The largest absolute Gasteiger partial charge is 0.394 e. The Morgan fingerprint density at radius 1 is 1.67 bits per heavy atom. The van der Waals surface area contributed by atoms with Crippen molar-refractivity contribution in [2.75, 3.05) is 0 Å². The summed E-state index contributed by atoms with van der Waals surface area (Å²) in [6.45, 7) is 0. The zero-order chi connectivity index (χ0) is 3.54. The van der Waals surface area contributed by atoms with Crippen LogP contribution in [0.2, 0.25) is 0 Å². The van der Waals surface area contributed by atoms with E-state index in [-0.39, 0.29) is 19.5 Å². The van der Waals surface area contributed by atoms with Crippen LogP contribution in [0.1, 0.15) is 0 Å². The number of rotatable bonds is 0. The molecule has 0 aromatic carbocycles. The van der Waals surface area contributed by atoms with Gasteiger partial charge in [-0.05, 0) is 5.51 Å². The average molecular weight is 150 g/mol. The molecule has 1 nitrogen and oxygen atoms in total. The van der Waals surface area contributed by atoms with E-state index in [2.05, 4.69) is 10.5 Å². The zero-order valence-electron chi connectivity index (χ0n) is 3.22. The van der Waals surface area contributed by atoms with Crippen molar-refractivity contribution in [2.24, 2.45) is 0 Å². The summed E-state index contributed by atoms with van der Waals surface area (Å²) in [4.78, 5) is 3.62. The molecule has 0 unspecified atom stereocenters. The molecule has 3 heteroatoms. The van der Waals surface area contributed by atoms with E-state index in [4.69, 9.17) is 0 Å². The van der Waals surface area contributed by atoms with E-state index in [9.17, 15) is 0 Å². The molecule has 0 spiro atoms. The molecule has 0 N–H and O–H groups in total. The Labute approximate surface area is 53.2 Å². The first kappa shape index (κ1) is 6.25. The van der Waals surface area contributed by atoms with Crippen molar-refractivity contribution in [1.29, 1.82) is 0 Å². The number of aromatic nitrogens is 1. The molecule has 0 atom stereocenters. The van der Waals surface area contributed by atoms with E-state index in [0.29, 0.717) is 0 Å². The van der Waals surface area contributed by atoms with Crippen molar-refractivity contribution >= 4 is 11.3 Å². The third-order valence-electron chi connectivity index (χ3n) is 0.309. The number of hydrogen-bond acceptors (Lipinski definition) is 2. The van der Waals surface area contributed by atoms with Crippen molar-refractivity contribution < 1.29 is 19.5 Å². The van der Waals surface area contributed by atoms with Gasteiger partial charge in [-0.1, -0.05) is 0 Å². The summed E-state index contributed by atoms with van der Waals surface area (Å²) in [7, 11) is 0. The van der Waals surface area contributed by atoms with Gasteiger partial charge in [0.05, 0.1) is 0 Å². The Bertz CT molecular complexity index is 67.3. The van der Waals surface area contributed by atoms with Crippen LogP contribution in [0.4, 0.5) is 0 Å². The van der Waals surface area contributed by atoms with E-state index < -0.39 is 0 Å². The second-order valence-corrected chi connectivity index (χ2v) is 1.31. The van der Waals surface area contributed by atoms with Crippen LogP contribution in [0.3, 0.4) is 0 Å². The second kappa shape index (κ2) is 3.44. The van der Waals surface area contributed by atoms with Gasteiger partial charge in [-0.3, -0.25) is 11.3 Å². The third kappa shape index (κ3) is 1.63. The number of thiazole rings is 1. The van der Waals surface area contributed by atoms with Gasteiger partial charge in [0.1, 0.15) is 0 Å². The van der Waals surface area contributed by atoms with Crippen molar-refractivity contribution in [3.63, 3.8) is 0 Å². The van der Waals surface area contributed by atoms with Gasteiger partial charge in [-0.15, -0.1) is 11.6 Å². The SMILES string of the molecule is [Zn].[c-]1nccs1. The minimum atomic E-state index is 0. The third-order valence-corrected chi connectivity index (χ3v) is 0.777. The standard InChI is InChI=1S/C3H2NS.Zn/c1-2-5-3-4-1;/h1-2H;/q-1;. The predicted octanol–water partition coefficient (Wildman–Crippen LogP) is 0.941. The fraction of sp³-hybridized carbons (Fsp3) is 0. The first-order valence-electron chi connectivity index (χ1n) is 1.25. The van der Waals surface area contributed by atoms with Gasteiger partial charge in [-0.2, -0.15) is 0 Å². The van der Waals surface area contributed by atoms with Gasteiger partial charge in [0.25, 0.3) is 0 Å². The summed E-state index contributed by atoms with van der Waals surface area (Å²) in [5.41, 5.74) is 2.65. The Balaban J connectivity index is 0.000000250. The first-order chi connectivity index (χ1) is 2.50. The summed E-state index contributed by atoms with van der Waals surface area (Å²) in [6.07, 6.45) is 1.71. The van der Waals surface area contributed by atoms with Crippen molar-refractivity contribution in [3.8, 4) is 0 Å². The molecule has 0 bridgehead atoms. The summed E-state index contributed by atoms with van der Waals surface area (Å²) in [5.74, 6) is 0. The van der Waals surface area contributed by atoms with Crippen LogP contribution in [0.25, 0.3) is 0 Å². The molecule has 0 radical (unpaired) electrons. The van der Waals surface area contributed by atoms with Crippen LogP contribution >= 0.6 is 11.3 Å². The molecular formula is C3H2NSZn-. The topological polar surface area (TPSA) is 12.9 Å². The van der Waals surface area contributed by atoms with Gasteiger partial charge in [0.15, 0.2) is 0 Å². The fourth-order valence-electron chi connectivity index (χ4n) is 0.152. The van der Waals surface area contributed by atoms with Crippen LogP contribution in [-0.2, 0) is 19.5 Å². The van der Waals surface area contributed by atoms with Gasteiger partial charge in [-0.25, -0.2) is 0 Å². The fourth-order valence-corrected chi connectivity index (χ4v) is 0.456. The van der Waals surface area contributed by atoms with Crippen LogP contribution in [0.15, 0.2) is 11.6 Å². The molecule has 0 saturated carbocycles. The van der Waals surface area contributed by atoms with Crippen LogP contribution in [0, 0.1) is 5.51 Å². The molecule has 0 fully saturated rings. The average Bonchev–Trinajstić information content (AvgIpc) is 1.76. The Morgan fingerprint density at radius 2 is 2.50 bits per heavy atom. The molecule has 6 heavy (non-hydrogen) atoms. The summed E-state index contributed by atoms with van der Waals surface area (Å²) >= 11 is 1.48. The summed E-state index contributed by atoms with van der Waals surface area (Å²) in [5, 5.41) is 1.88. The van der Waals surface area contributed by atoms with E-state index in [0.717, 1.165) is 0 Å². The Kier molecular flexibility index (Phi) is 3.59. The number of hydrogen-bond donors (Lipinski definition) is 0. The van der Waals surface area contributed by atoms with E-state index in [1.54, 1.807) is 6.20 Å². The summed E-state index contributed by atoms with van der Waals surface area (Å²) < 4.78 is 0.